The van der Waals surface area contributed by atoms with Crippen molar-refractivity contribution in [3.8, 4) is 0 Å². The maximum absolute atomic E-state index is 6.19. The number of rotatable bonds is 3. The van der Waals surface area contributed by atoms with E-state index in [0.717, 1.165) is 22.3 Å². The third-order valence-corrected chi connectivity index (χ3v) is 4.32. The maximum Gasteiger partial charge on any atom is 0.154 e. The van der Waals surface area contributed by atoms with Crippen molar-refractivity contribution in [2.24, 2.45) is 0 Å². The fourth-order valence-electron chi connectivity index (χ4n) is 2.80. The van der Waals surface area contributed by atoms with Gasteiger partial charge in [0.05, 0.1) is 16.6 Å². The summed E-state index contributed by atoms with van der Waals surface area (Å²) < 4.78 is 1.77. The van der Waals surface area contributed by atoms with Crippen LogP contribution >= 0.6 is 11.6 Å². The Balaban J connectivity index is 1.74. The lowest BCUT2D eigenvalue weighted by Crippen LogP contribution is -2.12. The molecule has 4 aromatic rings. The van der Waals surface area contributed by atoms with E-state index in [1.165, 1.54) is 6.33 Å². The molecule has 4 rings (SSSR count). The highest BCUT2D eigenvalue weighted by Gasteiger charge is 2.14. The molecule has 7 heteroatoms. The summed E-state index contributed by atoms with van der Waals surface area (Å²) >= 11 is 6.19. The van der Waals surface area contributed by atoms with Gasteiger partial charge in [-0.05, 0) is 31.2 Å². The Kier molecular flexibility index (Phi) is 3.46. The van der Waals surface area contributed by atoms with Gasteiger partial charge in [0.1, 0.15) is 17.7 Å². The first-order valence-electron chi connectivity index (χ1n) is 7.53. The lowest BCUT2D eigenvalue weighted by Gasteiger charge is -2.17. The molecule has 3 aromatic heterocycles. The van der Waals surface area contributed by atoms with Gasteiger partial charge >= 0.3 is 0 Å². The van der Waals surface area contributed by atoms with E-state index in [2.05, 4.69) is 20.4 Å². The molecule has 6 nitrogen and oxygen atoms in total. The van der Waals surface area contributed by atoms with Crippen molar-refractivity contribution < 1.29 is 0 Å². The average Bonchev–Trinajstić information content (AvgIpc) is 3.05. The summed E-state index contributed by atoms with van der Waals surface area (Å²) in [7, 11) is 0. The van der Waals surface area contributed by atoms with E-state index < -0.39 is 0 Å². The number of anilines is 2. The van der Waals surface area contributed by atoms with E-state index in [1.807, 2.05) is 49.5 Å². The first-order chi connectivity index (χ1) is 11.6. The van der Waals surface area contributed by atoms with Crippen LogP contribution < -0.4 is 11.1 Å². The van der Waals surface area contributed by atoms with Gasteiger partial charge in [0.2, 0.25) is 0 Å². The summed E-state index contributed by atoms with van der Waals surface area (Å²) in [4.78, 5) is 8.78. The Hall–Kier alpha value is -2.86. The van der Waals surface area contributed by atoms with E-state index in [9.17, 15) is 0 Å². The third-order valence-electron chi connectivity index (χ3n) is 4.01. The number of hydrogen-bond donors (Lipinski definition) is 2. The minimum atomic E-state index is -0.0746. The Labute approximate surface area is 143 Å². The number of para-hydroxylation sites is 1. The van der Waals surface area contributed by atoms with Crippen LogP contribution in [0.15, 0.2) is 48.9 Å². The molecule has 0 aliphatic heterocycles. The zero-order valence-electron chi connectivity index (χ0n) is 12.9. The van der Waals surface area contributed by atoms with E-state index >= 15 is 0 Å². The highest BCUT2D eigenvalue weighted by Crippen LogP contribution is 2.29. The van der Waals surface area contributed by atoms with Gasteiger partial charge in [-0.2, -0.15) is 5.10 Å². The SMILES string of the molecule is CC(Nc1ncnn2cccc12)c1cc2cccc(Cl)c2nc1N. The second-order valence-corrected chi connectivity index (χ2v) is 5.99. The molecule has 1 aromatic carbocycles. The molecule has 0 saturated carbocycles. The third kappa shape index (κ3) is 2.41. The van der Waals surface area contributed by atoms with Gasteiger partial charge in [0.25, 0.3) is 0 Å². The summed E-state index contributed by atoms with van der Waals surface area (Å²) in [6, 6.07) is 11.5. The van der Waals surface area contributed by atoms with Crippen LogP contribution in [0.5, 0.6) is 0 Å². The Morgan fingerprint density at radius 1 is 1.25 bits per heavy atom. The highest BCUT2D eigenvalue weighted by molar-refractivity contribution is 6.35. The molecule has 120 valence electrons. The van der Waals surface area contributed by atoms with Crippen LogP contribution in [0.2, 0.25) is 5.02 Å². The first kappa shape index (κ1) is 14.7. The average molecular weight is 339 g/mol. The number of fused-ring (bicyclic) bond motifs is 2. The molecule has 24 heavy (non-hydrogen) atoms. The van der Waals surface area contributed by atoms with Crippen LogP contribution in [0, 0.1) is 0 Å². The van der Waals surface area contributed by atoms with E-state index in [0.29, 0.717) is 16.4 Å². The number of nitrogen functional groups attached to an aromatic ring is 1. The molecule has 1 atom stereocenters. The largest absolute Gasteiger partial charge is 0.383 e. The predicted octanol–water partition coefficient (Wildman–Crippen LogP) is 3.69. The van der Waals surface area contributed by atoms with Crippen molar-refractivity contribution >= 4 is 39.7 Å². The van der Waals surface area contributed by atoms with Gasteiger partial charge in [-0.1, -0.05) is 23.7 Å². The van der Waals surface area contributed by atoms with Crippen molar-refractivity contribution in [2.45, 2.75) is 13.0 Å². The number of aromatic nitrogens is 4. The second-order valence-electron chi connectivity index (χ2n) is 5.59. The van der Waals surface area contributed by atoms with Crippen LogP contribution in [0.3, 0.4) is 0 Å². The maximum atomic E-state index is 6.19. The Morgan fingerprint density at radius 2 is 2.12 bits per heavy atom. The Morgan fingerprint density at radius 3 is 3.00 bits per heavy atom. The van der Waals surface area contributed by atoms with Gasteiger partial charge in [-0.15, -0.1) is 0 Å². The first-order valence-corrected chi connectivity index (χ1v) is 7.91. The standard InChI is InChI=1S/C17H15ClN6/c1-10(22-17-14-6-3-7-24(14)21-9-20-17)12-8-11-4-2-5-13(18)15(11)23-16(12)19/h2-10H,1H3,(H2,19,23)(H,20,21,22). The molecule has 0 spiro atoms. The van der Waals surface area contributed by atoms with Gasteiger partial charge in [0, 0.05) is 17.1 Å². The number of nitrogens with one attached hydrogen (secondary N) is 1. The van der Waals surface area contributed by atoms with Gasteiger partial charge in [-0.3, -0.25) is 0 Å². The molecule has 0 bridgehead atoms. The van der Waals surface area contributed by atoms with Crippen LogP contribution in [-0.4, -0.2) is 19.6 Å². The fraction of sp³-hybridized carbons (Fsp3) is 0.118. The number of hydrogen-bond acceptors (Lipinski definition) is 5. The minimum absolute atomic E-state index is 0.0746. The summed E-state index contributed by atoms with van der Waals surface area (Å²) in [6.07, 6.45) is 3.39. The molecule has 0 amide bonds. The monoisotopic (exact) mass is 338 g/mol. The highest BCUT2D eigenvalue weighted by atomic mass is 35.5. The lowest BCUT2D eigenvalue weighted by atomic mass is 10.1. The topological polar surface area (TPSA) is 81.1 Å². The van der Waals surface area contributed by atoms with Crippen LogP contribution in [0.1, 0.15) is 18.5 Å². The summed E-state index contributed by atoms with van der Waals surface area (Å²) in [6.45, 7) is 2.02. The quantitative estimate of drug-likeness (QED) is 0.595. The zero-order valence-corrected chi connectivity index (χ0v) is 13.7. The van der Waals surface area contributed by atoms with Gasteiger partial charge in [-0.25, -0.2) is 14.5 Å². The number of pyridine rings is 1. The lowest BCUT2D eigenvalue weighted by molar-refractivity contribution is 0.851. The number of nitrogens with zero attached hydrogens (tertiary/aromatic N) is 4. The minimum Gasteiger partial charge on any atom is -0.383 e. The predicted molar refractivity (Wildman–Crippen MR) is 96.2 cm³/mol. The van der Waals surface area contributed by atoms with E-state index in [4.69, 9.17) is 17.3 Å². The molecule has 3 N–H and O–H groups in total. The fourth-order valence-corrected chi connectivity index (χ4v) is 3.02. The summed E-state index contributed by atoms with van der Waals surface area (Å²) in [5, 5.41) is 9.10. The molecule has 0 radical (unpaired) electrons. The summed E-state index contributed by atoms with van der Waals surface area (Å²) in [5.74, 6) is 1.20. The second kappa shape index (κ2) is 5.65. The molecular formula is C17H15ClN6. The van der Waals surface area contributed by atoms with Crippen molar-refractivity contribution in [1.29, 1.82) is 0 Å². The van der Waals surface area contributed by atoms with Crippen LogP contribution in [0.25, 0.3) is 16.4 Å². The molecule has 0 saturated heterocycles. The molecule has 0 fully saturated rings. The molecule has 0 aliphatic carbocycles. The Bertz CT molecular complexity index is 1040. The van der Waals surface area contributed by atoms with Crippen molar-refractivity contribution in [2.75, 3.05) is 11.1 Å². The smallest absolute Gasteiger partial charge is 0.154 e. The van der Waals surface area contributed by atoms with Crippen molar-refractivity contribution in [1.82, 2.24) is 19.6 Å². The van der Waals surface area contributed by atoms with Crippen molar-refractivity contribution in [3.05, 3.63) is 59.5 Å². The zero-order chi connectivity index (χ0) is 16.7. The molecular weight excluding hydrogens is 324 g/mol. The molecule has 3 heterocycles. The summed E-state index contributed by atoms with van der Waals surface area (Å²) in [5.41, 5.74) is 8.67. The van der Waals surface area contributed by atoms with Crippen LogP contribution in [-0.2, 0) is 0 Å². The number of halogens is 1. The van der Waals surface area contributed by atoms with Gasteiger partial charge in [0.15, 0.2) is 5.82 Å². The molecule has 1 unspecified atom stereocenters. The number of nitrogens with two attached hydrogens (primary N) is 1. The van der Waals surface area contributed by atoms with Crippen molar-refractivity contribution in [3.63, 3.8) is 0 Å². The van der Waals surface area contributed by atoms with Crippen LogP contribution in [0.4, 0.5) is 11.6 Å². The normalized spacial score (nSPS) is 12.6. The molecule has 0 aliphatic rings. The van der Waals surface area contributed by atoms with E-state index in [1.54, 1.807) is 4.52 Å². The van der Waals surface area contributed by atoms with E-state index in [-0.39, 0.29) is 6.04 Å². The van der Waals surface area contributed by atoms with Gasteiger partial charge < -0.3 is 11.1 Å². The number of benzene rings is 1.